The molecule has 0 bridgehead atoms. The van der Waals surface area contributed by atoms with Gasteiger partial charge < -0.3 is 20.1 Å². The molecule has 0 spiro atoms. The van der Waals surface area contributed by atoms with Crippen LogP contribution in [0.25, 0.3) is 0 Å². The number of halogens is 2. The molecule has 2 aromatic rings. The SMILES string of the molecule is CN=C(NCc1cccc(OCCOC)c1)NCC1(c2cccc(F)c2)CC1.I. The summed E-state index contributed by atoms with van der Waals surface area (Å²) in [6.45, 7) is 2.45. The summed E-state index contributed by atoms with van der Waals surface area (Å²) in [5.74, 6) is 1.37. The first-order valence-corrected chi connectivity index (χ1v) is 9.56. The Balaban J connectivity index is 0.00000300. The minimum atomic E-state index is -0.182. The molecule has 1 aliphatic rings. The van der Waals surface area contributed by atoms with Gasteiger partial charge in [0.25, 0.3) is 0 Å². The highest BCUT2D eigenvalue weighted by molar-refractivity contribution is 14.0. The number of rotatable bonds is 9. The number of methoxy groups -OCH3 is 1. The van der Waals surface area contributed by atoms with Gasteiger partial charge in [-0.2, -0.15) is 0 Å². The standard InChI is InChI=1S/C22H28FN3O2.HI/c1-24-21(25-15-17-5-3-8-20(13-17)28-12-11-27-2)26-16-22(9-10-22)18-6-4-7-19(23)14-18;/h3-8,13-14H,9-12,15-16H2,1-2H3,(H2,24,25,26);1H. The first kappa shape index (κ1) is 23.4. The summed E-state index contributed by atoms with van der Waals surface area (Å²) in [4.78, 5) is 4.30. The summed E-state index contributed by atoms with van der Waals surface area (Å²) >= 11 is 0. The van der Waals surface area contributed by atoms with E-state index >= 15 is 0 Å². The molecular weight excluding hydrogens is 484 g/mol. The van der Waals surface area contributed by atoms with Gasteiger partial charge in [-0.15, -0.1) is 24.0 Å². The monoisotopic (exact) mass is 513 g/mol. The van der Waals surface area contributed by atoms with E-state index < -0.39 is 0 Å². The minimum absolute atomic E-state index is 0. The molecule has 3 rings (SSSR count). The molecule has 0 aromatic heterocycles. The number of nitrogens with one attached hydrogen (secondary N) is 2. The minimum Gasteiger partial charge on any atom is -0.491 e. The Morgan fingerprint density at radius 3 is 2.59 bits per heavy atom. The Morgan fingerprint density at radius 1 is 1.10 bits per heavy atom. The molecule has 0 heterocycles. The number of benzene rings is 2. The van der Waals surface area contributed by atoms with Crippen LogP contribution in [0.1, 0.15) is 24.0 Å². The summed E-state index contributed by atoms with van der Waals surface area (Å²) in [5, 5.41) is 6.71. The molecule has 1 aliphatic carbocycles. The van der Waals surface area contributed by atoms with Crippen LogP contribution in [0.2, 0.25) is 0 Å². The van der Waals surface area contributed by atoms with Gasteiger partial charge in [0, 0.05) is 32.7 Å². The van der Waals surface area contributed by atoms with Gasteiger partial charge in [-0.3, -0.25) is 4.99 Å². The molecule has 158 valence electrons. The lowest BCUT2D eigenvalue weighted by Crippen LogP contribution is -2.40. The molecule has 2 aromatic carbocycles. The number of aliphatic imine (C=N–C) groups is 1. The average molecular weight is 513 g/mol. The lowest BCUT2D eigenvalue weighted by Gasteiger charge is -2.19. The average Bonchev–Trinajstić information content (AvgIpc) is 3.50. The van der Waals surface area contributed by atoms with Crippen molar-refractivity contribution in [3.05, 3.63) is 65.5 Å². The lowest BCUT2D eigenvalue weighted by molar-refractivity contribution is 0.146. The topological polar surface area (TPSA) is 54.9 Å². The van der Waals surface area contributed by atoms with Crippen LogP contribution in [0.3, 0.4) is 0 Å². The zero-order valence-electron chi connectivity index (χ0n) is 16.9. The largest absolute Gasteiger partial charge is 0.491 e. The fourth-order valence-corrected chi connectivity index (χ4v) is 3.18. The normalized spacial score (nSPS) is 14.7. The molecule has 0 atom stereocenters. The molecule has 5 nitrogen and oxygen atoms in total. The molecule has 29 heavy (non-hydrogen) atoms. The van der Waals surface area contributed by atoms with Crippen molar-refractivity contribution in [2.45, 2.75) is 24.8 Å². The second-order valence-electron chi connectivity index (χ2n) is 7.06. The first-order valence-electron chi connectivity index (χ1n) is 9.56. The molecule has 0 amide bonds. The zero-order valence-corrected chi connectivity index (χ0v) is 19.2. The summed E-state index contributed by atoms with van der Waals surface area (Å²) in [6.07, 6.45) is 2.11. The van der Waals surface area contributed by atoms with E-state index in [1.807, 2.05) is 30.3 Å². The summed E-state index contributed by atoms with van der Waals surface area (Å²) in [7, 11) is 3.41. The highest BCUT2D eigenvalue weighted by Crippen LogP contribution is 2.47. The van der Waals surface area contributed by atoms with Crippen molar-refractivity contribution in [2.75, 3.05) is 33.9 Å². The van der Waals surface area contributed by atoms with Gasteiger partial charge in [0.15, 0.2) is 5.96 Å². The predicted octanol–water partition coefficient (Wildman–Crippen LogP) is 3.87. The number of hydrogen-bond donors (Lipinski definition) is 2. The van der Waals surface area contributed by atoms with E-state index in [0.717, 1.165) is 42.2 Å². The zero-order chi connectivity index (χ0) is 19.8. The molecule has 1 saturated carbocycles. The highest BCUT2D eigenvalue weighted by atomic mass is 127. The maximum absolute atomic E-state index is 13.6. The number of hydrogen-bond acceptors (Lipinski definition) is 3. The van der Waals surface area contributed by atoms with Crippen LogP contribution >= 0.6 is 24.0 Å². The lowest BCUT2D eigenvalue weighted by atomic mass is 9.96. The molecule has 0 radical (unpaired) electrons. The third-order valence-corrected chi connectivity index (χ3v) is 5.02. The van der Waals surface area contributed by atoms with E-state index in [1.54, 1.807) is 26.3 Å². The van der Waals surface area contributed by atoms with Crippen LogP contribution in [0.15, 0.2) is 53.5 Å². The van der Waals surface area contributed by atoms with Crippen molar-refractivity contribution in [1.29, 1.82) is 0 Å². The van der Waals surface area contributed by atoms with Crippen molar-refractivity contribution in [2.24, 2.45) is 4.99 Å². The second kappa shape index (κ2) is 11.3. The smallest absolute Gasteiger partial charge is 0.191 e. The molecule has 2 N–H and O–H groups in total. The third kappa shape index (κ3) is 6.85. The van der Waals surface area contributed by atoms with E-state index in [-0.39, 0.29) is 35.2 Å². The van der Waals surface area contributed by atoms with Crippen molar-refractivity contribution in [1.82, 2.24) is 10.6 Å². The third-order valence-electron chi connectivity index (χ3n) is 5.02. The Morgan fingerprint density at radius 2 is 1.90 bits per heavy atom. The number of nitrogens with zero attached hydrogens (tertiary/aromatic N) is 1. The second-order valence-corrected chi connectivity index (χ2v) is 7.06. The summed E-state index contributed by atoms with van der Waals surface area (Å²) < 4.78 is 24.2. The van der Waals surface area contributed by atoms with Gasteiger partial charge in [0.05, 0.1) is 6.61 Å². The van der Waals surface area contributed by atoms with Gasteiger partial charge in [-0.25, -0.2) is 4.39 Å². The Hall–Kier alpha value is -1.87. The van der Waals surface area contributed by atoms with Crippen molar-refractivity contribution >= 4 is 29.9 Å². The molecule has 0 saturated heterocycles. The Labute approximate surface area is 189 Å². The van der Waals surface area contributed by atoms with Crippen molar-refractivity contribution in [3.63, 3.8) is 0 Å². The van der Waals surface area contributed by atoms with Crippen LogP contribution in [0.5, 0.6) is 5.75 Å². The van der Waals surface area contributed by atoms with Crippen LogP contribution in [0, 0.1) is 5.82 Å². The van der Waals surface area contributed by atoms with Crippen LogP contribution in [0.4, 0.5) is 4.39 Å². The van der Waals surface area contributed by atoms with E-state index in [2.05, 4.69) is 15.6 Å². The van der Waals surface area contributed by atoms with E-state index in [1.165, 1.54) is 6.07 Å². The number of ether oxygens (including phenoxy) is 2. The maximum Gasteiger partial charge on any atom is 0.191 e. The van der Waals surface area contributed by atoms with Gasteiger partial charge >= 0.3 is 0 Å². The number of guanidine groups is 1. The fraction of sp³-hybridized carbons (Fsp3) is 0.409. The molecule has 0 aliphatic heterocycles. The van der Waals surface area contributed by atoms with Crippen molar-refractivity contribution < 1.29 is 13.9 Å². The summed E-state index contributed by atoms with van der Waals surface area (Å²) in [6, 6.07) is 14.9. The molecule has 0 unspecified atom stereocenters. The van der Waals surface area contributed by atoms with Crippen LogP contribution in [-0.2, 0) is 16.7 Å². The maximum atomic E-state index is 13.6. The van der Waals surface area contributed by atoms with Crippen LogP contribution < -0.4 is 15.4 Å². The van der Waals surface area contributed by atoms with Crippen LogP contribution in [-0.4, -0.2) is 39.9 Å². The van der Waals surface area contributed by atoms with Gasteiger partial charge in [0.2, 0.25) is 0 Å². The molecule has 7 heteroatoms. The predicted molar refractivity (Wildman–Crippen MR) is 125 cm³/mol. The van der Waals surface area contributed by atoms with E-state index in [0.29, 0.717) is 19.8 Å². The van der Waals surface area contributed by atoms with Gasteiger partial charge in [-0.05, 0) is 48.2 Å². The quantitative estimate of drug-likeness (QED) is 0.232. The molecular formula is C22H29FIN3O2. The highest BCUT2D eigenvalue weighted by Gasteiger charge is 2.44. The Kier molecular flexibility index (Phi) is 9.16. The van der Waals surface area contributed by atoms with E-state index in [4.69, 9.17) is 9.47 Å². The first-order chi connectivity index (χ1) is 13.6. The Bertz CT molecular complexity index is 812. The molecule has 1 fully saturated rings. The fourth-order valence-electron chi connectivity index (χ4n) is 3.18. The summed E-state index contributed by atoms with van der Waals surface area (Å²) in [5.41, 5.74) is 2.16. The van der Waals surface area contributed by atoms with Gasteiger partial charge in [0.1, 0.15) is 18.2 Å². The van der Waals surface area contributed by atoms with Gasteiger partial charge in [-0.1, -0.05) is 24.3 Å². The van der Waals surface area contributed by atoms with Crippen molar-refractivity contribution in [3.8, 4) is 5.75 Å². The van der Waals surface area contributed by atoms with E-state index in [9.17, 15) is 4.39 Å².